The molecule has 0 aliphatic carbocycles. The maximum Gasteiger partial charge on any atom is 0.237 e. The molecule has 0 spiro atoms. The van der Waals surface area contributed by atoms with E-state index in [1.54, 1.807) is 12.1 Å². The predicted molar refractivity (Wildman–Crippen MR) is 106 cm³/mol. The van der Waals surface area contributed by atoms with Crippen LogP contribution >= 0.6 is 0 Å². The standard InChI is InChI=1S/C22H28FN3O/c1-16(22(27)25-12-11-17-7-9-20(23)10-8-17)26-14-19(13-24)21(15-26)18-5-3-2-4-6-18/h2-10,16,19,21H,11-15,24H2,1H3,(H,25,27)/t16?,19-,21+/m1/s1. The molecule has 144 valence electrons. The van der Waals surface area contributed by atoms with Gasteiger partial charge in [-0.05, 0) is 49.1 Å². The van der Waals surface area contributed by atoms with Crippen molar-refractivity contribution in [3.8, 4) is 0 Å². The quantitative estimate of drug-likeness (QED) is 0.789. The number of carbonyl (C=O) groups is 1. The zero-order chi connectivity index (χ0) is 19.2. The van der Waals surface area contributed by atoms with Crippen LogP contribution in [0.25, 0.3) is 0 Å². The van der Waals surface area contributed by atoms with E-state index in [-0.39, 0.29) is 17.8 Å². The molecule has 0 bridgehead atoms. The number of hydrogen-bond donors (Lipinski definition) is 2. The summed E-state index contributed by atoms with van der Waals surface area (Å²) in [5.74, 6) is 0.516. The highest BCUT2D eigenvalue weighted by atomic mass is 19.1. The molecule has 0 radical (unpaired) electrons. The van der Waals surface area contributed by atoms with Crippen LogP contribution in [0.4, 0.5) is 4.39 Å². The van der Waals surface area contributed by atoms with Crippen molar-refractivity contribution in [2.45, 2.75) is 25.3 Å². The molecule has 1 aliphatic rings. The molecule has 3 N–H and O–H groups in total. The van der Waals surface area contributed by atoms with Gasteiger partial charge in [0.25, 0.3) is 0 Å². The number of rotatable bonds is 7. The van der Waals surface area contributed by atoms with Crippen molar-refractivity contribution in [1.29, 1.82) is 0 Å². The van der Waals surface area contributed by atoms with Crippen molar-refractivity contribution in [1.82, 2.24) is 10.2 Å². The predicted octanol–water partition coefficient (Wildman–Crippen LogP) is 2.55. The SMILES string of the molecule is CC(C(=O)NCCc1ccc(F)cc1)N1C[C@@H](CN)[C@H](c2ccccc2)C1. The van der Waals surface area contributed by atoms with Gasteiger partial charge in [0.05, 0.1) is 6.04 Å². The molecule has 0 saturated carbocycles. The topological polar surface area (TPSA) is 58.4 Å². The molecule has 4 nitrogen and oxygen atoms in total. The van der Waals surface area contributed by atoms with E-state index < -0.39 is 0 Å². The lowest BCUT2D eigenvalue weighted by atomic mass is 9.89. The number of likely N-dealkylation sites (tertiary alicyclic amines) is 1. The molecular formula is C22H28FN3O. The Hall–Kier alpha value is -2.24. The largest absolute Gasteiger partial charge is 0.354 e. The van der Waals surface area contributed by atoms with Crippen LogP contribution < -0.4 is 11.1 Å². The van der Waals surface area contributed by atoms with E-state index in [2.05, 4.69) is 34.5 Å². The number of nitrogens with one attached hydrogen (secondary N) is 1. The van der Waals surface area contributed by atoms with Crippen LogP contribution in [0.3, 0.4) is 0 Å². The van der Waals surface area contributed by atoms with Gasteiger partial charge in [-0.2, -0.15) is 0 Å². The molecule has 3 atom stereocenters. The molecule has 1 saturated heterocycles. The summed E-state index contributed by atoms with van der Waals surface area (Å²) >= 11 is 0. The molecule has 1 heterocycles. The molecule has 5 heteroatoms. The lowest BCUT2D eigenvalue weighted by Crippen LogP contribution is -2.45. The van der Waals surface area contributed by atoms with Gasteiger partial charge in [0.15, 0.2) is 0 Å². The van der Waals surface area contributed by atoms with E-state index in [4.69, 9.17) is 5.73 Å². The second kappa shape index (κ2) is 9.11. The Bertz CT molecular complexity index is 735. The fraction of sp³-hybridized carbons (Fsp3) is 0.409. The number of amides is 1. The maximum absolute atomic E-state index is 12.9. The molecule has 1 unspecified atom stereocenters. The van der Waals surface area contributed by atoms with Crippen LogP contribution in [-0.2, 0) is 11.2 Å². The summed E-state index contributed by atoms with van der Waals surface area (Å²) in [5.41, 5.74) is 8.30. The summed E-state index contributed by atoms with van der Waals surface area (Å²) in [6.45, 7) is 4.80. The third kappa shape index (κ3) is 4.93. The van der Waals surface area contributed by atoms with Gasteiger partial charge in [0.1, 0.15) is 5.82 Å². The van der Waals surface area contributed by atoms with Crippen molar-refractivity contribution in [2.75, 3.05) is 26.2 Å². The first-order valence-corrected chi connectivity index (χ1v) is 9.59. The monoisotopic (exact) mass is 369 g/mol. The van der Waals surface area contributed by atoms with E-state index in [9.17, 15) is 9.18 Å². The van der Waals surface area contributed by atoms with Gasteiger partial charge in [-0.3, -0.25) is 9.69 Å². The normalized spacial score (nSPS) is 21.1. The van der Waals surface area contributed by atoms with Crippen LogP contribution in [0.5, 0.6) is 0 Å². The molecule has 0 aromatic heterocycles. The molecule has 1 fully saturated rings. The van der Waals surface area contributed by atoms with Crippen LogP contribution in [0, 0.1) is 11.7 Å². The Morgan fingerprint density at radius 2 is 1.89 bits per heavy atom. The highest BCUT2D eigenvalue weighted by Gasteiger charge is 2.36. The summed E-state index contributed by atoms with van der Waals surface area (Å²) in [6, 6.07) is 16.6. The Morgan fingerprint density at radius 3 is 2.56 bits per heavy atom. The number of hydrogen-bond acceptors (Lipinski definition) is 3. The number of halogens is 1. The second-order valence-corrected chi connectivity index (χ2v) is 7.31. The minimum Gasteiger partial charge on any atom is -0.354 e. The Balaban J connectivity index is 1.53. The smallest absolute Gasteiger partial charge is 0.237 e. The zero-order valence-electron chi connectivity index (χ0n) is 15.8. The molecule has 1 amide bonds. The van der Waals surface area contributed by atoms with Gasteiger partial charge in [-0.15, -0.1) is 0 Å². The summed E-state index contributed by atoms with van der Waals surface area (Å²) in [4.78, 5) is 14.8. The summed E-state index contributed by atoms with van der Waals surface area (Å²) in [5, 5.41) is 3.00. The third-order valence-corrected chi connectivity index (χ3v) is 5.55. The Morgan fingerprint density at radius 1 is 1.19 bits per heavy atom. The van der Waals surface area contributed by atoms with Gasteiger partial charge in [-0.25, -0.2) is 4.39 Å². The van der Waals surface area contributed by atoms with E-state index in [1.807, 2.05) is 13.0 Å². The second-order valence-electron chi connectivity index (χ2n) is 7.31. The van der Waals surface area contributed by atoms with Crippen molar-refractivity contribution in [3.63, 3.8) is 0 Å². The zero-order valence-corrected chi connectivity index (χ0v) is 15.8. The molecule has 2 aromatic carbocycles. The maximum atomic E-state index is 12.9. The molecule has 1 aliphatic heterocycles. The van der Waals surface area contributed by atoms with Crippen molar-refractivity contribution in [2.24, 2.45) is 11.7 Å². The Kier molecular flexibility index (Phi) is 6.58. The summed E-state index contributed by atoms with van der Waals surface area (Å²) in [7, 11) is 0. The summed E-state index contributed by atoms with van der Waals surface area (Å²) in [6.07, 6.45) is 0.691. The van der Waals surface area contributed by atoms with Crippen molar-refractivity contribution >= 4 is 5.91 Å². The minimum atomic E-state index is -0.243. The lowest BCUT2D eigenvalue weighted by molar-refractivity contribution is -0.125. The average molecular weight is 369 g/mol. The molecule has 2 aromatic rings. The number of benzene rings is 2. The summed E-state index contributed by atoms with van der Waals surface area (Å²) < 4.78 is 12.9. The minimum absolute atomic E-state index is 0.0293. The first kappa shape index (κ1) is 19.5. The number of carbonyl (C=O) groups excluding carboxylic acids is 1. The van der Waals surface area contributed by atoms with E-state index in [0.717, 1.165) is 18.7 Å². The van der Waals surface area contributed by atoms with E-state index >= 15 is 0 Å². The van der Waals surface area contributed by atoms with Gasteiger partial charge >= 0.3 is 0 Å². The molecule has 27 heavy (non-hydrogen) atoms. The Labute approximate surface area is 160 Å². The van der Waals surface area contributed by atoms with Crippen LogP contribution in [-0.4, -0.2) is 43.0 Å². The first-order chi connectivity index (χ1) is 13.1. The van der Waals surface area contributed by atoms with E-state index in [0.29, 0.717) is 31.3 Å². The molecular weight excluding hydrogens is 341 g/mol. The average Bonchev–Trinajstić information content (AvgIpc) is 3.14. The van der Waals surface area contributed by atoms with E-state index in [1.165, 1.54) is 17.7 Å². The number of nitrogens with two attached hydrogens (primary N) is 1. The highest BCUT2D eigenvalue weighted by Crippen LogP contribution is 2.33. The van der Waals surface area contributed by atoms with Crippen LogP contribution in [0.1, 0.15) is 24.0 Å². The highest BCUT2D eigenvalue weighted by molar-refractivity contribution is 5.81. The third-order valence-electron chi connectivity index (χ3n) is 5.55. The van der Waals surface area contributed by atoms with Crippen molar-refractivity contribution < 1.29 is 9.18 Å². The van der Waals surface area contributed by atoms with Gasteiger partial charge in [0.2, 0.25) is 5.91 Å². The lowest BCUT2D eigenvalue weighted by Gasteiger charge is -2.23. The van der Waals surface area contributed by atoms with Crippen LogP contribution in [0.2, 0.25) is 0 Å². The van der Waals surface area contributed by atoms with Gasteiger partial charge in [-0.1, -0.05) is 42.5 Å². The first-order valence-electron chi connectivity index (χ1n) is 9.59. The van der Waals surface area contributed by atoms with Crippen LogP contribution in [0.15, 0.2) is 54.6 Å². The fourth-order valence-electron chi connectivity index (χ4n) is 3.83. The van der Waals surface area contributed by atoms with Gasteiger partial charge in [0, 0.05) is 25.6 Å². The van der Waals surface area contributed by atoms with Gasteiger partial charge < -0.3 is 11.1 Å². The number of nitrogens with zero attached hydrogens (tertiary/aromatic N) is 1. The fourth-order valence-corrected chi connectivity index (χ4v) is 3.83. The molecule has 3 rings (SSSR count). The van der Waals surface area contributed by atoms with Crippen molar-refractivity contribution in [3.05, 3.63) is 71.5 Å².